The van der Waals surface area contributed by atoms with E-state index in [0.717, 1.165) is 5.56 Å². The van der Waals surface area contributed by atoms with E-state index in [0.29, 0.717) is 28.0 Å². The molecule has 6 nitrogen and oxygen atoms in total. The fourth-order valence-electron chi connectivity index (χ4n) is 2.77. The minimum Gasteiger partial charge on any atom is -0.483 e. The van der Waals surface area contributed by atoms with Gasteiger partial charge in [0, 0.05) is 12.2 Å². The van der Waals surface area contributed by atoms with Crippen molar-refractivity contribution in [1.29, 1.82) is 5.26 Å². The second-order valence-electron chi connectivity index (χ2n) is 6.73. The molecule has 0 fully saturated rings. The highest BCUT2D eigenvalue weighted by molar-refractivity contribution is 9.10. The van der Waals surface area contributed by atoms with E-state index in [-0.39, 0.29) is 18.1 Å². The van der Waals surface area contributed by atoms with Crippen LogP contribution in [0.1, 0.15) is 11.1 Å². The van der Waals surface area contributed by atoms with Gasteiger partial charge in [0.1, 0.15) is 17.4 Å². The second-order valence-corrected chi connectivity index (χ2v) is 7.59. The summed E-state index contributed by atoms with van der Waals surface area (Å²) in [6.07, 6.45) is 1.50. The molecule has 3 aromatic carbocycles. The molecule has 3 rings (SSSR count). The Morgan fingerprint density at radius 2 is 1.69 bits per heavy atom. The molecule has 2 amide bonds. The molecule has 0 atom stereocenters. The molecule has 0 unspecified atom stereocenters. The molecular weight excluding hydrogens is 470 g/mol. The molecule has 0 radical (unpaired) electrons. The molecule has 0 saturated carbocycles. The number of para-hydroxylation sites is 1. The highest BCUT2D eigenvalue weighted by Crippen LogP contribution is 2.27. The molecule has 0 aliphatic rings. The van der Waals surface area contributed by atoms with Gasteiger partial charge in [0.2, 0.25) is 0 Å². The van der Waals surface area contributed by atoms with Gasteiger partial charge in [-0.3, -0.25) is 9.59 Å². The lowest BCUT2D eigenvalue weighted by Gasteiger charge is -2.10. The van der Waals surface area contributed by atoms with Crippen molar-refractivity contribution in [1.82, 2.24) is 5.32 Å². The lowest BCUT2D eigenvalue weighted by molar-refractivity contribution is -0.118. The molecule has 0 spiro atoms. The number of hydrogen-bond donors (Lipinski definition) is 2. The van der Waals surface area contributed by atoms with Crippen LogP contribution >= 0.6 is 15.9 Å². The second kappa shape index (κ2) is 11.5. The topological polar surface area (TPSA) is 91.2 Å². The summed E-state index contributed by atoms with van der Waals surface area (Å²) in [7, 11) is 0. The smallest absolute Gasteiger partial charge is 0.262 e. The lowest BCUT2D eigenvalue weighted by Crippen LogP contribution is -2.23. The fraction of sp³-hybridized carbons (Fsp3) is 0.0800. The third kappa shape index (κ3) is 6.83. The summed E-state index contributed by atoms with van der Waals surface area (Å²) >= 11 is 3.40. The van der Waals surface area contributed by atoms with Crippen LogP contribution in [-0.2, 0) is 16.1 Å². The summed E-state index contributed by atoms with van der Waals surface area (Å²) in [6, 6.07) is 25.6. The van der Waals surface area contributed by atoms with Gasteiger partial charge < -0.3 is 15.4 Å². The molecule has 0 aromatic heterocycles. The van der Waals surface area contributed by atoms with Gasteiger partial charge in [-0.2, -0.15) is 5.26 Å². The largest absolute Gasteiger partial charge is 0.483 e. The van der Waals surface area contributed by atoms with Crippen LogP contribution in [0.4, 0.5) is 5.69 Å². The third-order valence-corrected chi connectivity index (χ3v) is 4.96. The number of nitrogens with one attached hydrogen (secondary N) is 2. The Morgan fingerprint density at radius 1 is 1.00 bits per heavy atom. The minimum absolute atomic E-state index is 0.0104. The van der Waals surface area contributed by atoms with E-state index in [1.807, 2.05) is 54.6 Å². The number of nitrogens with zero attached hydrogens (tertiary/aromatic N) is 1. The number of halogens is 1. The molecule has 32 heavy (non-hydrogen) atoms. The Hall–Kier alpha value is -3.89. The Bertz CT molecular complexity index is 1160. The Morgan fingerprint density at radius 3 is 2.34 bits per heavy atom. The molecule has 160 valence electrons. The van der Waals surface area contributed by atoms with E-state index in [9.17, 15) is 14.9 Å². The summed E-state index contributed by atoms with van der Waals surface area (Å²) in [4.78, 5) is 24.4. The van der Waals surface area contributed by atoms with Crippen molar-refractivity contribution in [2.24, 2.45) is 0 Å². The standard InChI is InChI=1S/C25H20BrN3O3/c26-22-14-19(13-20(15-27)25(31)28-16-18-7-3-1-4-8-18)11-12-23(22)32-17-24(30)29-21-9-5-2-6-10-21/h1-14H,16-17H2,(H,28,31)(H,29,30)/b20-13+. The molecule has 0 aliphatic heterocycles. The SMILES string of the molecule is N#C/C(=C\c1ccc(OCC(=O)Nc2ccccc2)c(Br)c1)C(=O)NCc1ccccc1. The van der Waals surface area contributed by atoms with Crippen molar-refractivity contribution < 1.29 is 14.3 Å². The first-order valence-corrected chi connectivity index (χ1v) is 10.6. The van der Waals surface area contributed by atoms with Gasteiger partial charge in [0.05, 0.1) is 4.47 Å². The van der Waals surface area contributed by atoms with Gasteiger partial charge in [-0.1, -0.05) is 54.6 Å². The number of anilines is 1. The van der Waals surface area contributed by atoms with Crippen LogP contribution in [-0.4, -0.2) is 18.4 Å². The molecule has 0 heterocycles. The van der Waals surface area contributed by atoms with E-state index in [4.69, 9.17) is 4.74 Å². The normalized spacial score (nSPS) is 10.7. The summed E-state index contributed by atoms with van der Waals surface area (Å²) < 4.78 is 6.17. The van der Waals surface area contributed by atoms with Crippen molar-refractivity contribution >= 4 is 39.5 Å². The van der Waals surface area contributed by atoms with Crippen molar-refractivity contribution in [3.8, 4) is 11.8 Å². The molecule has 3 aromatic rings. The third-order valence-electron chi connectivity index (χ3n) is 4.34. The Labute approximate surface area is 194 Å². The molecule has 0 saturated heterocycles. The molecule has 2 N–H and O–H groups in total. The Balaban J connectivity index is 1.59. The van der Waals surface area contributed by atoms with Crippen LogP contribution in [0.3, 0.4) is 0 Å². The van der Waals surface area contributed by atoms with Crippen LogP contribution < -0.4 is 15.4 Å². The van der Waals surface area contributed by atoms with Crippen molar-refractivity contribution in [3.05, 3.63) is 100 Å². The first-order chi connectivity index (χ1) is 15.5. The summed E-state index contributed by atoms with van der Waals surface area (Å²) in [5, 5.41) is 14.9. The fourth-order valence-corrected chi connectivity index (χ4v) is 3.29. The number of amides is 2. The monoisotopic (exact) mass is 489 g/mol. The number of benzene rings is 3. The zero-order valence-electron chi connectivity index (χ0n) is 17.0. The maximum Gasteiger partial charge on any atom is 0.262 e. The predicted molar refractivity (Wildman–Crippen MR) is 127 cm³/mol. The van der Waals surface area contributed by atoms with Crippen LogP contribution in [0.2, 0.25) is 0 Å². The average molecular weight is 490 g/mol. The Kier molecular flexibility index (Phi) is 8.18. The van der Waals surface area contributed by atoms with E-state index >= 15 is 0 Å². The molecular formula is C25H20BrN3O3. The van der Waals surface area contributed by atoms with Gasteiger partial charge in [-0.15, -0.1) is 0 Å². The number of nitriles is 1. The minimum atomic E-state index is -0.453. The zero-order chi connectivity index (χ0) is 22.8. The summed E-state index contributed by atoms with van der Waals surface area (Å²) in [6.45, 7) is 0.175. The maximum atomic E-state index is 12.3. The number of hydrogen-bond acceptors (Lipinski definition) is 4. The van der Waals surface area contributed by atoms with E-state index in [1.54, 1.807) is 30.3 Å². The van der Waals surface area contributed by atoms with Gasteiger partial charge in [-0.25, -0.2) is 0 Å². The number of rotatable bonds is 8. The van der Waals surface area contributed by atoms with Crippen molar-refractivity contribution in [2.45, 2.75) is 6.54 Å². The summed E-state index contributed by atoms with van der Waals surface area (Å²) in [5.41, 5.74) is 2.27. The van der Waals surface area contributed by atoms with Crippen LogP contribution in [0.5, 0.6) is 5.75 Å². The lowest BCUT2D eigenvalue weighted by atomic mass is 10.1. The van der Waals surface area contributed by atoms with E-state index in [1.165, 1.54) is 6.08 Å². The number of carbonyl (C=O) groups excluding carboxylic acids is 2. The first kappa shape index (κ1) is 22.8. The van der Waals surface area contributed by atoms with Crippen molar-refractivity contribution in [3.63, 3.8) is 0 Å². The number of carbonyl (C=O) groups is 2. The molecule has 7 heteroatoms. The predicted octanol–water partition coefficient (Wildman–Crippen LogP) is 4.69. The highest BCUT2D eigenvalue weighted by Gasteiger charge is 2.11. The molecule has 0 aliphatic carbocycles. The maximum absolute atomic E-state index is 12.3. The van der Waals surface area contributed by atoms with Gasteiger partial charge >= 0.3 is 0 Å². The highest BCUT2D eigenvalue weighted by atomic mass is 79.9. The first-order valence-electron chi connectivity index (χ1n) is 9.76. The zero-order valence-corrected chi connectivity index (χ0v) is 18.6. The van der Waals surface area contributed by atoms with Crippen LogP contribution in [0.15, 0.2) is 88.9 Å². The quantitative estimate of drug-likeness (QED) is 0.354. The van der Waals surface area contributed by atoms with E-state index < -0.39 is 5.91 Å². The van der Waals surface area contributed by atoms with Gasteiger partial charge in [0.25, 0.3) is 11.8 Å². The van der Waals surface area contributed by atoms with Gasteiger partial charge in [0.15, 0.2) is 6.61 Å². The average Bonchev–Trinajstić information content (AvgIpc) is 2.81. The van der Waals surface area contributed by atoms with Crippen LogP contribution in [0.25, 0.3) is 6.08 Å². The summed E-state index contributed by atoms with van der Waals surface area (Å²) in [5.74, 6) is -0.267. The number of ether oxygens (including phenoxy) is 1. The van der Waals surface area contributed by atoms with E-state index in [2.05, 4.69) is 26.6 Å². The van der Waals surface area contributed by atoms with Crippen LogP contribution in [0, 0.1) is 11.3 Å². The van der Waals surface area contributed by atoms with Gasteiger partial charge in [-0.05, 0) is 57.4 Å². The molecule has 0 bridgehead atoms. The van der Waals surface area contributed by atoms with Crippen molar-refractivity contribution in [2.75, 3.05) is 11.9 Å².